The van der Waals surface area contributed by atoms with Crippen LogP contribution in [-0.4, -0.2) is 20.7 Å². The van der Waals surface area contributed by atoms with E-state index in [0.717, 1.165) is 10.6 Å². The molecule has 6 nitrogen and oxygen atoms in total. The van der Waals surface area contributed by atoms with Gasteiger partial charge in [0.15, 0.2) is 5.69 Å². The van der Waals surface area contributed by atoms with Crippen molar-refractivity contribution in [2.75, 3.05) is 5.73 Å². The van der Waals surface area contributed by atoms with Crippen LogP contribution in [0, 0.1) is 0 Å². The number of nitrogen functional groups attached to an aromatic ring is 1. The third-order valence-corrected chi connectivity index (χ3v) is 3.67. The van der Waals surface area contributed by atoms with Gasteiger partial charge in [-0.15, -0.1) is 11.3 Å². The van der Waals surface area contributed by atoms with Gasteiger partial charge in [0, 0.05) is 23.0 Å². The molecule has 1 aromatic carbocycles. The molecule has 1 amide bonds. The van der Waals surface area contributed by atoms with Crippen LogP contribution in [0.2, 0.25) is 0 Å². The molecular weight excluding hydrogens is 286 g/mol. The average molecular weight is 299 g/mol. The molecule has 0 radical (unpaired) electrons. The van der Waals surface area contributed by atoms with Crippen LogP contribution in [0.25, 0.3) is 5.69 Å². The van der Waals surface area contributed by atoms with Gasteiger partial charge in [0.2, 0.25) is 0 Å². The van der Waals surface area contributed by atoms with Crippen LogP contribution in [-0.2, 0) is 6.54 Å². The summed E-state index contributed by atoms with van der Waals surface area (Å²) in [6, 6.07) is 8.96. The van der Waals surface area contributed by atoms with Crippen LogP contribution in [0.5, 0.6) is 0 Å². The van der Waals surface area contributed by atoms with E-state index in [2.05, 4.69) is 15.4 Å². The van der Waals surface area contributed by atoms with E-state index < -0.39 is 0 Å². The second-order valence-electron chi connectivity index (χ2n) is 4.39. The maximum absolute atomic E-state index is 12.0. The summed E-state index contributed by atoms with van der Waals surface area (Å²) in [6.45, 7) is 0.457. The smallest absolute Gasteiger partial charge is 0.272 e. The molecule has 0 atom stereocenters. The van der Waals surface area contributed by atoms with E-state index in [1.807, 2.05) is 12.1 Å². The SMILES string of the molecule is Nc1ccc(-n2ccc(C(=O)NCc3cncs3)n2)cc1. The average Bonchev–Trinajstić information content (AvgIpc) is 3.17. The lowest BCUT2D eigenvalue weighted by molar-refractivity contribution is 0.0946. The van der Waals surface area contributed by atoms with Crippen molar-refractivity contribution in [1.29, 1.82) is 0 Å². The first kappa shape index (κ1) is 13.3. The number of hydrogen-bond acceptors (Lipinski definition) is 5. The fourth-order valence-electron chi connectivity index (χ4n) is 1.80. The fourth-order valence-corrected chi connectivity index (χ4v) is 2.34. The Morgan fingerprint density at radius 2 is 2.10 bits per heavy atom. The van der Waals surface area contributed by atoms with E-state index in [1.165, 1.54) is 11.3 Å². The Bertz CT molecular complexity index is 733. The Labute approximate surface area is 125 Å². The van der Waals surface area contributed by atoms with Crippen molar-refractivity contribution in [2.45, 2.75) is 6.54 Å². The number of aromatic nitrogens is 3. The summed E-state index contributed by atoms with van der Waals surface area (Å²) in [4.78, 5) is 17.0. The Hall–Kier alpha value is -2.67. The molecule has 0 saturated heterocycles. The first-order chi connectivity index (χ1) is 10.2. The number of nitrogens with one attached hydrogen (secondary N) is 1. The molecule has 0 saturated carbocycles. The number of benzene rings is 1. The zero-order valence-electron chi connectivity index (χ0n) is 11.1. The number of anilines is 1. The number of carbonyl (C=O) groups excluding carboxylic acids is 1. The summed E-state index contributed by atoms with van der Waals surface area (Å²) in [5.74, 6) is -0.211. The Morgan fingerprint density at radius 1 is 1.29 bits per heavy atom. The molecule has 0 unspecified atom stereocenters. The lowest BCUT2D eigenvalue weighted by atomic mass is 10.3. The number of carbonyl (C=O) groups is 1. The summed E-state index contributed by atoms with van der Waals surface area (Å²) in [7, 11) is 0. The molecule has 7 heteroatoms. The minimum Gasteiger partial charge on any atom is -0.399 e. The van der Waals surface area contributed by atoms with Crippen molar-refractivity contribution in [1.82, 2.24) is 20.1 Å². The van der Waals surface area contributed by atoms with Gasteiger partial charge in [-0.1, -0.05) is 0 Å². The van der Waals surface area contributed by atoms with Crippen LogP contribution in [0.3, 0.4) is 0 Å². The summed E-state index contributed by atoms with van der Waals surface area (Å²) in [5, 5.41) is 7.07. The number of nitrogens with zero attached hydrogens (tertiary/aromatic N) is 3. The maximum Gasteiger partial charge on any atom is 0.272 e. The third-order valence-electron chi connectivity index (χ3n) is 2.89. The van der Waals surface area contributed by atoms with Crippen molar-refractivity contribution in [3.63, 3.8) is 0 Å². The van der Waals surface area contributed by atoms with Crippen LogP contribution in [0.4, 0.5) is 5.69 Å². The molecule has 0 aliphatic carbocycles. The summed E-state index contributed by atoms with van der Waals surface area (Å²) in [5.41, 5.74) is 9.29. The van der Waals surface area contributed by atoms with E-state index >= 15 is 0 Å². The summed E-state index contributed by atoms with van der Waals surface area (Å²) in [6.07, 6.45) is 3.48. The van der Waals surface area contributed by atoms with E-state index in [9.17, 15) is 4.79 Å². The van der Waals surface area contributed by atoms with Gasteiger partial charge >= 0.3 is 0 Å². The predicted octanol–water partition coefficient (Wildman–Crippen LogP) is 1.84. The zero-order valence-corrected chi connectivity index (χ0v) is 11.9. The van der Waals surface area contributed by atoms with Gasteiger partial charge < -0.3 is 11.1 Å². The molecule has 3 rings (SSSR count). The quantitative estimate of drug-likeness (QED) is 0.720. The standard InChI is InChI=1S/C14H13N5OS/c15-10-1-3-11(4-2-10)19-6-5-13(18-19)14(20)17-8-12-7-16-9-21-12/h1-7,9H,8,15H2,(H,17,20). The summed E-state index contributed by atoms with van der Waals surface area (Å²) >= 11 is 1.50. The molecule has 106 valence electrons. The van der Waals surface area contributed by atoms with Gasteiger partial charge in [0.05, 0.1) is 17.7 Å². The summed E-state index contributed by atoms with van der Waals surface area (Å²) < 4.78 is 1.64. The Balaban J connectivity index is 1.69. The van der Waals surface area contributed by atoms with Crippen LogP contribution in [0.1, 0.15) is 15.4 Å². The first-order valence-electron chi connectivity index (χ1n) is 6.29. The van der Waals surface area contributed by atoms with Gasteiger partial charge in [0.25, 0.3) is 5.91 Å². The molecule has 2 heterocycles. The van der Waals surface area contributed by atoms with E-state index in [1.54, 1.807) is 40.8 Å². The van der Waals surface area contributed by atoms with E-state index in [-0.39, 0.29) is 5.91 Å². The maximum atomic E-state index is 12.0. The number of amides is 1. The van der Waals surface area contributed by atoms with Crippen molar-refractivity contribution < 1.29 is 4.79 Å². The van der Waals surface area contributed by atoms with Crippen LogP contribution >= 0.6 is 11.3 Å². The highest BCUT2D eigenvalue weighted by molar-refractivity contribution is 7.09. The molecule has 2 aromatic heterocycles. The monoisotopic (exact) mass is 299 g/mol. The van der Waals surface area contributed by atoms with E-state index in [4.69, 9.17) is 5.73 Å². The molecule has 3 aromatic rings. The molecule has 0 spiro atoms. The van der Waals surface area contributed by atoms with Crippen molar-refractivity contribution in [3.05, 3.63) is 58.8 Å². The van der Waals surface area contributed by atoms with Gasteiger partial charge in [0.1, 0.15) is 0 Å². The van der Waals surface area contributed by atoms with Gasteiger partial charge in [-0.05, 0) is 30.3 Å². The highest BCUT2D eigenvalue weighted by atomic mass is 32.1. The Morgan fingerprint density at radius 3 is 2.81 bits per heavy atom. The zero-order chi connectivity index (χ0) is 14.7. The van der Waals surface area contributed by atoms with Crippen molar-refractivity contribution >= 4 is 22.9 Å². The normalized spacial score (nSPS) is 10.5. The minimum absolute atomic E-state index is 0.211. The first-order valence-corrected chi connectivity index (χ1v) is 7.17. The second-order valence-corrected chi connectivity index (χ2v) is 5.36. The minimum atomic E-state index is -0.211. The highest BCUT2D eigenvalue weighted by Crippen LogP contribution is 2.11. The van der Waals surface area contributed by atoms with Crippen molar-refractivity contribution in [3.8, 4) is 5.69 Å². The van der Waals surface area contributed by atoms with E-state index in [0.29, 0.717) is 17.9 Å². The molecule has 21 heavy (non-hydrogen) atoms. The Kier molecular flexibility index (Phi) is 3.65. The molecule has 0 aliphatic rings. The predicted molar refractivity (Wildman–Crippen MR) is 81.3 cm³/mol. The topological polar surface area (TPSA) is 85.8 Å². The lowest BCUT2D eigenvalue weighted by Crippen LogP contribution is -2.23. The molecule has 0 aliphatic heterocycles. The number of rotatable bonds is 4. The fraction of sp³-hybridized carbons (Fsp3) is 0.0714. The lowest BCUT2D eigenvalue weighted by Gasteiger charge is -2.02. The third kappa shape index (κ3) is 3.09. The van der Waals surface area contributed by atoms with Gasteiger partial charge in [-0.25, -0.2) is 4.68 Å². The van der Waals surface area contributed by atoms with Gasteiger partial charge in [-0.3, -0.25) is 9.78 Å². The van der Waals surface area contributed by atoms with Crippen molar-refractivity contribution in [2.24, 2.45) is 0 Å². The van der Waals surface area contributed by atoms with Crippen LogP contribution in [0.15, 0.2) is 48.2 Å². The van der Waals surface area contributed by atoms with Gasteiger partial charge in [-0.2, -0.15) is 5.10 Å². The molecule has 0 bridgehead atoms. The van der Waals surface area contributed by atoms with Crippen LogP contribution < -0.4 is 11.1 Å². The number of thiazole rings is 1. The number of nitrogens with two attached hydrogens (primary N) is 1. The molecule has 3 N–H and O–H groups in total. The second kappa shape index (κ2) is 5.76. The largest absolute Gasteiger partial charge is 0.399 e. The molecular formula is C14H13N5OS. The molecule has 0 fully saturated rings. The number of hydrogen-bond donors (Lipinski definition) is 2. The highest BCUT2D eigenvalue weighted by Gasteiger charge is 2.10.